The SMILES string of the molecule is C[SiH2]O[SiH2]CCCCl. The van der Waals surface area contributed by atoms with Crippen LogP contribution in [0.2, 0.25) is 12.6 Å². The van der Waals surface area contributed by atoms with Gasteiger partial charge < -0.3 is 4.12 Å². The lowest BCUT2D eigenvalue weighted by Gasteiger charge is -1.95. The molecule has 0 aromatic heterocycles. The molecule has 0 saturated heterocycles. The zero-order valence-corrected chi connectivity index (χ0v) is 8.91. The Labute approximate surface area is 60.6 Å². The van der Waals surface area contributed by atoms with E-state index < -0.39 is 0 Å². The van der Waals surface area contributed by atoms with E-state index >= 15 is 0 Å². The van der Waals surface area contributed by atoms with Crippen molar-refractivity contribution in [3.8, 4) is 0 Å². The monoisotopic (exact) mass is 168 g/mol. The molecule has 0 aliphatic carbocycles. The lowest BCUT2D eigenvalue weighted by Crippen LogP contribution is -1.99. The van der Waals surface area contributed by atoms with Crippen molar-refractivity contribution >= 4 is 31.1 Å². The van der Waals surface area contributed by atoms with E-state index in [1.54, 1.807) is 0 Å². The Morgan fingerprint density at radius 2 is 2.38 bits per heavy atom. The summed E-state index contributed by atoms with van der Waals surface area (Å²) in [7, 11) is -0.218. The maximum absolute atomic E-state index is 5.46. The summed E-state index contributed by atoms with van der Waals surface area (Å²) in [5.74, 6) is 0.807. The van der Waals surface area contributed by atoms with Crippen LogP contribution in [-0.4, -0.2) is 25.4 Å². The second-order valence-electron chi connectivity index (χ2n) is 1.59. The van der Waals surface area contributed by atoms with Crippen molar-refractivity contribution in [2.24, 2.45) is 0 Å². The first kappa shape index (κ1) is 8.68. The summed E-state index contributed by atoms with van der Waals surface area (Å²) in [5.41, 5.74) is 0. The summed E-state index contributed by atoms with van der Waals surface area (Å²) in [4.78, 5) is 0. The van der Waals surface area contributed by atoms with E-state index in [4.69, 9.17) is 15.7 Å². The number of alkyl halides is 1. The average Bonchev–Trinajstić information content (AvgIpc) is 1.81. The van der Waals surface area contributed by atoms with Gasteiger partial charge in [0.2, 0.25) is 0 Å². The standard InChI is InChI=1S/C4H13ClOSi2/c1-7-6-8-4-2-3-5/h2-4,7-8H2,1H3. The molecule has 0 bridgehead atoms. The molecule has 50 valence electrons. The fourth-order valence-corrected chi connectivity index (χ4v) is 3.37. The summed E-state index contributed by atoms with van der Waals surface area (Å²) in [6, 6.07) is 1.27. The number of hydrogen-bond donors (Lipinski definition) is 0. The van der Waals surface area contributed by atoms with Gasteiger partial charge in [-0.15, -0.1) is 11.6 Å². The Morgan fingerprint density at radius 1 is 1.62 bits per heavy atom. The highest BCUT2D eigenvalue weighted by Gasteiger charge is 1.85. The molecule has 0 aliphatic heterocycles. The topological polar surface area (TPSA) is 9.23 Å². The van der Waals surface area contributed by atoms with Gasteiger partial charge in [-0.1, -0.05) is 6.55 Å². The minimum absolute atomic E-state index is 0.0953. The molecule has 0 radical (unpaired) electrons. The molecule has 8 heavy (non-hydrogen) atoms. The third-order valence-corrected chi connectivity index (χ3v) is 4.72. The smallest absolute Gasteiger partial charge is 0.146 e. The zero-order valence-electron chi connectivity index (χ0n) is 5.32. The molecule has 1 nitrogen and oxygen atoms in total. The molecule has 0 aromatic carbocycles. The van der Waals surface area contributed by atoms with Gasteiger partial charge in [0, 0.05) is 5.88 Å². The molecule has 0 rings (SSSR count). The molecule has 0 heterocycles. The van der Waals surface area contributed by atoms with Gasteiger partial charge in [-0.05, 0) is 12.5 Å². The van der Waals surface area contributed by atoms with Crippen LogP contribution in [0.25, 0.3) is 0 Å². The van der Waals surface area contributed by atoms with Gasteiger partial charge in [0.1, 0.15) is 19.5 Å². The Bertz CT molecular complexity index is 39.0. The van der Waals surface area contributed by atoms with E-state index in [2.05, 4.69) is 6.55 Å². The van der Waals surface area contributed by atoms with E-state index in [0.717, 1.165) is 12.3 Å². The highest BCUT2D eigenvalue weighted by molar-refractivity contribution is 6.41. The molecule has 0 saturated carbocycles. The van der Waals surface area contributed by atoms with Crippen LogP contribution in [0.15, 0.2) is 0 Å². The summed E-state index contributed by atoms with van der Waals surface area (Å²) in [6.07, 6.45) is 1.15. The molecular formula is C4H13ClOSi2. The van der Waals surface area contributed by atoms with E-state index in [0.29, 0.717) is 0 Å². The van der Waals surface area contributed by atoms with Gasteiger partial charge in [-0.2, -0.15) is 0 Å². The highest BCUT2D eigenvalue weighted by Crippen LogP contribution is 1.90. The molecule has 0 N–H and O–H groups in total. The normalized spacial score (nSPS) is 12.8. The Balaban J connectivity index is 2.53. The van der Waals surface area contributed by atoms with Crippen molar-refractivity contribution in [2.75, 3.05) is 5.88 Å². The van der Waals surface area contributed by atoms with Crippen molar-refractivity contribution in [3.63, 3.8) is 0 Å². The number of rotatable bonds is 5. The Kier molecular flexibility index (Phi) is 8.34. The molecule has 0 amide bonds. The predicted molar refractivity (Wildman–Crippen MR) is 44.2 cm³/mol. The molecule has 0 aromatic rings. The summed E-state index contributed by atoms with van der Waals surface area (Å²) in [5, 5.41) is 0. The van der Waals surface area contributed by atoms with Gasteiger partial charge in [-0.3, -0.25) is 0 Å². The van der Waals surface area contributed by atoms with Crippen LogP contribution in [0.1, 0.15) is 6.42 Å². The minimum Gasteiger partial charge on any atom is -0.465 e. The first-order valence-corrected chi connectivity index (χ1v) is 7.16. The van der Waals surface area contributed by atoms with Crippen molar-refractivity contribution < 1.29 is 4.12 Å². The molecule has 0 atom stereocenters. The zero-order chi connectivity index (χ0) is 6.24. The summed E-state index contributed by atoms with van der Waals surface area (Å²) < 4.78 is 5.35. The maximum Gasteiger partial charge on any atom is 0.146 e. The van der Waals surface area contributed by atoms with Crippen molar-refractivity contribution in [2.45, 2.75) is 19.0 Å². The fraction of sp³-hybridized carbons (Fsp3) is 1.00. The van der Waals surface area contributed by atoms with Gasteiger partial charge in [0.25, 0.3) is 0 Å². The van der Waals surface area contributed by atoms with Gasteiger partial charge in [0.15, 0.2) is 0 Å². The van der Waals surface area contributed by atoms with Crippen molar-refractivity contribution in [1.82, 2.24) is 0 Å². The van der Waals surface area contributed by atoms with Crippen LogP contribution in [0.5, 0.6) is 0 Å². The highest BCUT2D eigenvalue weighted by atomic mass is 35.5. The van der Waals surface area contributed by atoms with Crippen LogP contribution in [-0.2, 0) is 4.12 Å². The van der Waals surface area contributed by atoms with Crippen LogP contribution < -0.4 is 0 Å². The lowest BCUT2D eigenvalue weighted by atomic mass is 10.6. The molecular weight excluding hydrogens is 156 g/mol. The average molecular weight is 169 g/mol. The molecule has 0 spiro atoms. The maximum atomic E-state index is 5.46. The molecule has 0 fully saturated rings. The van der Waals surface area contributed by atoms with Gasteiger partial charge in [0.05, 0.1) is 0 Å². The van der Waals surface area contributed by atoms with Crippen molar-refractivity contribution in [3.05, 3.63) is 0 Å². The van der Waals surface area contributed by atoms with Crippen LogP contribution in [0.3, 0.4) is 0 Å². The Morgan fingerprint density at radius 3 is 2.88 bits per heavy atom. The van der Waals surface area contributed by atoms with Gasteiger partial charge in [-0.25, -0.2) is 0 Å². The van der Waals surface area contributed by atoms with Gasteiger partial charge >= 0.3 is 0 Å². The number of halogens is 1. The van der Waals surface area contributed by atoms with Crippen LogP contribution >= 0.6 is 11.6 Å². The van der Waals surface area contributed by atoms with E-state index in [1.165, 1.54) is 6.04 Å². The van der Waals surface area contributed by atoms with Crippen molar-refractivity contribution in [1.29, 1.82) is 0 Å². The largest absolute Gasteiger partial charge is 0.465 e. The third kappa shape index (κ3) is 6.68. The summed E-state index contributed by atoms with van der Waals surface area (Å²) >= 11 is 5.46. The fourth-order valence-electron chi connectivity index (χ4n) is 0.443. The lowest BCUT2D eigenvalue weighted by molar-refractivity contribution is 0.640. The second-order valence-corrected chi connectivity index (χ2v) is 5.30. The van der Waals surface area contributed by atoms with Crippen LogP contribution in [0.4, 0.5) is 0 Å². The molecule has 0 aliphatic rings. The summed E-state index contributed by atoms with van der Waals surface area (Å²) in [6.45, 7) is 2.17. The number of hydrogen-bond acceptors (Lipinski definition) is 1. The third-order valence-electron chi connectivity index (χ3n) is 0.876. The van der Waals surface area contributed by atoms with E-state index in [-0.39, 0.29) is 19.5 Å². The minimum atomic E-state index is -0.122. The molecule has 4 heteroatoms. The van der Waals surface area contributed by atoms with Crippen LogP contribution in [0, 0.1) is 0 Å². The Hall–Kier alpha value is 0.684. The quantitative estimate of drug-likeness (QED) is 0.325. The first-order chi connectivity index (χ1) is 3.91. The van der Waals surface area contributed by atoms with E-state index in [1.807, 2.05) is 0 Å². The van der Waals surface area contributed by atoms with E-state index in [9.17, 15) is 0 Å². The second kappa shape index (κ2) is 7.68. The first-order valence-electron chi connectivity index (χ1n) is 3.05. The predicted octanol–water partition coefficient (Wildman–Crippen LogP) is 0.266. The molecule has 0 unspecified atom stereocenters.